The fourth-order valence-electron chi connectivity index (χ4n) is 1.99. The largest absolute Gasteiger partial charge is 0.497 e. The topological polar surface area (TPSA) is 9.23 Å². The number of methoxy groups -OCH3 is 1. The Kier molecular flexibility index (Phi) is 4.43. The van der Waals surface area contributed by atoms with Crippen LogP contribution in [0.2, 0.25) is 0 Å². The second-order valence-electron chi connectivity index (χ2n) is 4.50. The summed E-state index contributed by atoms with van der Waals surface area (Å²) in [7, 11) is 1.63. The van der Waals surface area contributed by atoms with E-state index in [1.807, 2.05) is 30.3 Å². The smallest absolute Gasteiger partial charge is 0.130 e. The lowest BCUT2D eigenvalue weighted by Crippen LogP contribution is -2.00. The van der Waals surface area contributed by atoms with Crippen LogP contribution in [0.4, 0.5) is 4.39 Å². The summed E-state index contributed by atoms with van der Waals surface area (Å²) in [5.41, 5.74) is 2.23. The Bertz CT molecular complexity index is 551. The zero-order valence-corrected chi connectivity index (χ0v) is 11.7. The Morgan fingerprint density at radius 3 is 2.47 bits per heavy atom. The Balaban J connectivity index is 2.15. The van der Waals surface area contributed by atoms with Crippen molar-refractivity contribution in [1.82, 2.24) is 0 Å². The second kappa shape index (κ2) is 6.07. The Labute approximate surface area is 118 Å². The van der Waals surface area contributed by atoms with Crippen molar-refractivity contribution >= 4 is 11.6 Å². The van der Waals surface area contributed by atoms with Gasteiger partial charge >= 0.3 is 0 Å². The maximum atomic E-state index is 14.0. The predicted molar refractivity (Wildman–Crippen MR) is 76.4 cm³/mol. The third-order valence-corrected chi connectivity index (χ3v) is 3.52. The van der Waals surface area contributed by atoms with E-state index >= 15 is 0 Å². The minimum atomic E-state index is -0.367. The van der Waals surface area contributed by atoms with Crippen molar-refractivity contribution in [3.05, 3.63) is 65.0 Å². The molecule has 0 heterocycles. The van der Waals surface area contributed by atoms with Crippen LogP contribution in [-0.2, 0) is 6.42 Å². The van der Waals surface area contributed by atoms with Crippen molar-refractivity contribution in [1.29, 1.82) is 0 Å². The van der Waals surface area contributed by atoms with Gasteiger partial charge in [-0.1, -0.05) is 30.3 Å². The Morgan fingerprint density at radius 1 is 1.16 bits per heavy atom. The highest BCUT2D eigenvalue weighted by molar-refractivity contribution is 6.20. The van der Waals surface area contributed by atoms with Crippen LogP contribution >= 0.6 is 11.6 Å². The van der Waals surface area contributed by atoms with E-state index in [1.54, 1.807) is 26.2 Å². The van der Waals surface area contributed by atoms with Crippen molar-refractivity contribution in [2.24, 2.45) is 0 Å². The number of hydrogen-bond acceptors (Lipinski definition) is 1. The highest BCUT2D eigenvalue weighted by atomic mass is 35.5. The molecular formula is C16H16ClFO. The van der Waals surface area contributed by atoms with Crippen LogP contribution < -0.4 is 4.74 Å². The number of rotatable bonds is 4. The van der Waals surface area contributed by atoms with E-state index < -0.39 is 0 Å². The molecule has 2 rings (SSSR count). The lowest BCUT2D eigenvalue weighted by Gasteiger charge is -2.12. The maximum absolute atomic E-state index is 14.0. The summed E-state index contributed by atoms with van der Waals surface area (Å²) in [6, 6.07) is 13.0. The number of halogens is 2. The first kappa shape index (κ1) is 13.9. The molecule has 0 N–H and O–H groups in total. The van der Waals surface area contributed by atoms with Crippen molar-refractivity contribution in [2.45, 2.75) is 18.7 Å². The van der Waals surface area contributed by atoms with Gasteiger partial charge in [0.1, 0.15) is 11.6 Å². The molecule has 3 heteroatoms. The fourth-order valence-corrected chi connectivity index (χ4v) is 2.34. The van der Waals surface area contributed by atoms with E-state index in [-0.39, 0.29) is 11.2 Å². The van der Waals surface area contributed by atoms with Crippen LogP contribution in [0, 0.1) is 12.7 Å². The number of hydrogen-bond donors (Lipinski definition) is 0. The van der Waals surface area contributed by atoms with Gasteiger partial charge in [0, 0.05) is 5.56 Å². The average Bonchev–Trinajstić information content (AvgIpc) is 2.42. The summed E-state index contributed by atoms with van der Waals surface area (Å²) < 4.78 is 19.1. The van der Waals surface area contributed by atoms with Crippen molar-refractivity contribution in [3.8, 4) is 5.75 Å². The molecule has 0 amide bonds. The van der Waals surface area contributed by atoms with Crippen LogP contribution in [0.25, 0.3) is 0 Å². The highest BCUT2D eigenvalue weighted by Crippen LogP contribution is 2.29. The van der Waals surface area contributed by atoms with Crippen LogP contribution in [0.5, 0.6) is 5.75 Å². The normalized spacial score (nSPS) is 12.2. The summed E-state index contributed by atoms with van der Waals surface area (Å²) in [5.74, 6) is 0.590. The molecule has 0 aromatic heterocycles. The standard InChI is InChI=1S/C16H16ClFO/c1-11-4-3-5-14(16(11)18)15(17)10-12-6-8-13(19-2)9-7-12/h3-9,15H,10H2,1-2H3. The van der Waals surface area contributed by atoms with Gasteiger partial charge in [0.25, 0.3) is 0 Å². The molecule has 19 heavy (non-hydrogen) atoms. The summed E-state index contributed by atoms with van der Waals surface area (Å²) in [5, 5.41) is -0.367. The van der Waals surface area contributed by atoms with Crippen LogP contribution in [-0.4, -0.2) is 7.11 Å². The number of aryl methyl sites for hydroxylation is 1. The third-order valence-electron chi connectivity index (χ3n) is 3.13. The van der Waals surface area contributed by atoms with Gasteiger partial charge in [-0.2, -0.15) is 0 Å². The van der Waals surface area contributed by atoms with Gasteiger partial charge in [0.15, 0.2) is 0 Å². The van der Waals surface area contributed by atoms with Gasteiger partial charge < -0.3 is 4.74 Å². The molecule has 2 aromatic carbocycles. The van der Waals surface area contributed by atoms with E-state index in [1.165, 1.54) is 0 Å². The monoisotopic (exact) mass is 278 g/mol. The number of alkyl halides is 1. The first-order valence-electron chi connectivity index (χ1n) is 6.14. The zero-order valence-electron chi connectivity index (χ0n) is 11.0. The van der Waals surface area contributed by atoms with E-state index in [4.69, 9.17) is 16.3 Å². The van der Waals surface area contributed by atoms with Gasteiger partial charge in [-0.3, -0.25) is 0 Å². The minimum absolute atomic E-state index is 0.212. The van der Waals surface area contributed by atoms with Gasteiger partial charge in [0.05, 0.1) is 12.5 Å². The highest BCUT2D eigenvalue weighted by Gasteiger charge is 2.14. The molecule has 0 aliphatic carbocycles. The van der Waals surface area contributed by atoms with E-state index in [0.717, 1.165) is 11.3 Å². The Morgan fingerprint density at radius 2 is 1.84 bits per heavy atom. The van der Waals surface area contributed by atoms with Crippen LogP contribution in [0.1, 0.15) is 22.1 Å². The molecule has 0 saturated carbocycles. The molecular weight excluding hydrogens is 263 g/mol. The van der Waals surface area contributed by atoms with Crippen LogP contribution in [0.3, 0.4) is 0 Å². The quantitative estimate of drug-likeness (QED) is 0.739. The number of benzene rings is 2. The molecule has 0 aliphatic rings. The van der Waals surface area contributed by atoms with Gasteiger partial charge in [-0.15, -0.1) is 11.6 Å². The Hall–Kier alpha value is -1.54. The average molecular weight is 279 g/mol. The molecule has 0 spiro atoms. The first-order valence-corrected chi connectivity index (χ1v) is 6.57. The molecule has 0 aliphatic heterocycles. The first-order chi connectivity index (χ1) is 9.11. The summed E-state index contributed by atoms with van der Waals surface area (Å²) in [4.78, 5) is 0. The SMILES string of the molecule is COc1ccc(CC(Cl)c2cccc(C)c2F)cc1. The summed E-state index contributed by atoms with van der Waals surface area (Å²) in [6.45, 7) is 1.75. The summed E-state index contributed by atoms with van der Waals surface area (Å²) >= 11 is 6.32. The van der Waals surface area contributed by atoms with Gasteiger partial charge in [0.2, 0.25) is 0 Å². The van der Waals surface area contributed by atoms with Crippen molar-refractivity contribution in [2.75, 3.05) is 7.11 Å². The van der Waals surface area contributed by atoms with Gasteiger partial charge in [-0.25, -0.2) is 4.39 Å². The molecule has 2 aromatic rings. The predicted octanol–water partition coefficient (Wildman–Crippen LogP) is 4.67. The molecule has 0 radical (unpaired) electrons. The summed E-state index contributed by atoms with van der Waals surface area (Å²) in [6.07, 6.45) is 0.589. The van der Waals surface area contributed by atoms with E-state index in [9.17, 15) is 4.39 Å². The van der Waals surface area contributed by atoms with E-state index in [0.29, 0.717) is 17.5 Å². The minimum Gasteiger partial charge on any atom is -0.497 e. The molecule has 0 saturated heterocycles. The molecule has 1 atom stereocenters. The molecule has 100 valence electrons. The van der Waals surface area contributed by atoms with Crippen molar-refractivity contribution in [3.63, 3.8) is 0 Å². The van der Waals surface area contributed by atoms with Gasteiger partial charge in [-0.05, 0) is 36.6 Å². The maximum Gasteiger partial charge on any atom is 0.130 e. The van der Waals surface area contributed by atoms with E-state index in [2.05, 4.69) is 0 Å². The molecule has 0 bridgehead atoms. The lowest BCUT2D eigenvalue weighted by atomic mass is 10.0. The molecule has 1 nitrogen and oxygen atoms in total. The fraction of sp³-hybridized carbons (Fsp3) is 0.250. The number of ether oxygens (including phenoxy) is 1. The zero-order chi connectivity index (χ0) is 13.8. The molecule has 1 unspecified atom stereocenters. The lowest BCUT2D eigenvalue weighted by molar-refractivity contribution is 0.414. The second-order valence-corrected chi connectivity index (χ2v) is 5.02. The molecule has 0 fully saturated rings. The third kappa shape index (κ3) is 3.27. The van der Waals surface area contributed by atoms with Crippen molar-refractivity contribution < 1.29 is 9.13 Å². The van der Waals surface area contributed by atoms with Crippen LogP contribution in [0.15, 0.2) is 42.5 Å².